The summed E-state index contributed by atoms with van der Waals surface area (Å²) in [5.74, 6) is 1.76. The fraction of sp³-hybridized carbons (Fsp3) is 0.800. The van der Waals surface area contributed by atoms with Crippen molar-refractivity contribution in [2.24, 2.45) is 18.9 Å². The van der Waals surface area contributed by atoms with Crippen LogP contribution >= 0.6 is 0 Å². The second kappa shape index (κ2) is 6.37. The summed E-state index contributed by atoms with van der Waals surface area (Å²) >= 11 is 0. The maximum absolute atomic E-state index is 4.54. The molecule has 1 aliphatic carbocycles. The molecular weight excluding hydrogens is 222 g/mol. The minimum Gasteiger partial charge on any atom is -0.316 e. The lowest BCUT2D eigenvalue weighted by atomic mass is 9.71. The first-order valence-electron chi connectivity index (χ1n) is 7.47. The molecule has 18 heavy (non-hydrogen) atoms. The molecule has 0 saturated heterocycles. The van der Waals surface area contributed by atoms with Crippen LogP contribution in [-0.4, -0.2) is 22.9 Å². The third-order valence-electron chi connectivity index (χ3n) is 4.27. The summed E-state index contributed by atoms with van der Waals surface area (Å²) in [6.07, 6.45) is 6.28. The van der Waals surface area contributed by atoms with Gasteiger partial charge in [-0.15, -0.1) is 0 Å². The Morgan fingerprint density at radius 3 is 2.67 bits per heavy atom. The molecule has 2 unspecified atom stereocenters. The lowest BCUT2D eigenvalue weighted by molar-refractivity contribution is 0.168. The molecule has 0 amide bonds. The van der Waals surface area contributed by atoms with Crippen molar-refractivity contribution in [2.75, 3.05) is 13.1 Å². The van der Waals surface area contributed by atoms with Crippen LogP contribution in [0.3, 0.4) is 0 Å². The van der Waals surface area contributed by atoms with E-state index in [4.69, 9.17) is 0 Å². The Bertz CT molecular complexity index is 370. The maximum atomic E-state index is 4.54. The van der Waals surface area contributed by atoms with Gasteiger partial charge in [0.15, 0.2) is 0 Å². The number of nitrogens with zero attached hydrogens (tertiary/aromatic N) is 2. The third kappa shape index (κ3) is 3.14. The van der Waals surface area contributed by atoms with Crippen molar-refractivity contribution in [1.29, 1.82) is 0 Å². The maximum Gasteiger partial charge on any atom is 0.0624 e. The molecule has 0 bridgehead atoms. The van der Waals surface area contributed by atoms with Gasteiger partial charge in [0, 0.05) is 12.7 Å². The normalized spacial score (nSPS) is 23.1. The van der Waals surface area contributed by atoms with Gasteiger partial charge >= 0.3 is 0 Å². The highest BCUT2D eigenvalue weighted by atomic mass is 15.3. The molecule has 0 spiro atoms. The number of rotatable bonds is 7. The van der Waals surface area contributed by atoms with Gasteiger partial charge in [-0.1, -0.05) is 13.8 Å². The molecule has 2 atom stereocenters. The standard InChI is InChI=1S/C15H27N3/c1-4-8-16-11-13-7-6-12(13)9-15-10-14(5-2)17-18(15)3/h10,12-13,16H,4-9,11H2,1-3H3. The zero-order valence-electron chi connectivity index (χ0n) is 12.1. The van der Waals surface area contributed by atoms with E-state index in [-0.39, 0.29) is 0 Å². The zero-order valence-corrected chi connectivity index (χ0v) is 12.1. The van der Waals surface area contributed by atoms with Gasteiger partial charge in [0.1, 0.15) is 0 Å². The van der Waals surface area contributed by atoms with Crippen LogP contribution in [0.4, 0.5) is 0 Å². The number of aromatic nitrogens is 2. The Hall–Kier alpha value is -0.830. The Labute approximate surface area is 111 Å². The fourth-order valence-corrected chi connectivity index (χ4v) is 2.84. The Kier molecular flexibility index (Phi) is 4.81. The van der Waals surface area contributed by atoms with E-state index >= 15 is 0 Å². The van der Waals surface area contributed by atoms with Crippen molar-refractivity contribution in [3.63, 3.8) is 0 Å². The number of hydrogen-bond acceptors (Lipinski definition) is 2. The van der Waals surface area contributed by atoms with E-state index < -0.39 is 0 Å². The Morgan fingerprint density at radius 2 is 2.11 bits per heavy atom. The van der Waals surface area contributed by atoms with E-state index in [1.807, 2.05) is 0 Å². The number of nitrogens with one attached hydrogen (secondary N) is 1. The van der Waals surface area contributed by atoms with Gasteiger partial charge < -0.3 is 5.32 Å². The van der Waals surface area contributed by atoms with Crippen molar-refractivity contribution in [2.45, 2.75) is 46.0 Å². The van der Waals surface area contributed by atoms with E-state index in [0.717, 1.165) is 24.8 Å². The molecule has 3 heteroatoms. The molecule has 1 aliphatic rings. The molecular formula is C15H27N3. The molecule has 102 valence electrons. The summed E-state index contributed by atoms with van der Waals surface area (Å²) in [7, 11) is 2.08. The minimum atomic E-state index is 0.870. The molecule has 1 fully saturated rings. The van der Waals surface area contributed by atoms with E-state index in [9.17, 15) is 0 Å². The molecule has 2 rings (SSSR count). The predicted molar refractivity (Wildman–Crippen MR) is 75.7 cm³/mol. The molecule has 0 radical (unpaired) electrons. The molecule has 1 saturated carbocycles. The highest BCUT2D eigenvalue weighted by Gasteiger charge is 2.30. The molecule has 1 N–H and O–H groups in total. The lowest BCUT2D eigenvalue weighted by Gasteiger charge is -2.37. The van der Waals surface area contributed by atoms with E-state index in [1.165, 1.54) is 43.6 Å². The van der Waals surface area contributed by atoms with Gasteiger partial charge in [-0.3, -0.25) is 4.68 Å². The van der Waals surface area contributed by atoms with Crippen LogP contribution in [0.25, 0.3) is 0 Å². The van der Waals surface area contributed by atoms with Crippen LogP contribution in [0.15, 0.2) is 6.07 Å². The predicted octanol–water partition coefficient (Wildman–Crippen LogP) is 2.55. The van der Waals surface area contributed by atoms with Crippen molar-refractivity contribution >= 4 is 0 Å². The van der Waals surface area contributed by atoms with Gasteiger partial charge in [0.05, 0.1) is 5.69 Å². The van der Waals surface area contributed by atoms with Crippen LogP contribution in [0.1, 0.15) is 44.5 Å². The number of aryl methyl sites for hydroxylation is 2. The van der Waals surface area contributed by atoms with Gasteiger partial charge in [-0.25, -0.2) is 0 Å². The monoisotopic (exact) mass is 249 g/mol. The van der Waals surface area contributed by atoms with Gasteiger partial charge in [-0.2, -0.15) is 5.10 Å². The molecule has 0 aliphatic heterocycles. The van der Waals surface area contributed by atoms with Gasteiger partial charge in [-0.05, 0) is 63.1 Å². The Morgan fingerprint density at radius 1 is 1.33 bits per heavy atom. The van der Waals surface area contributed by atoms with Crippen molar-refractivity contribution in [3.8, 4) is 0 Å². The highest BCUT2D eigenvalue weighted by Crippen LogP contribution is 2.36. The summed E-state index contributed by atoms with van der Waals surface area (Å²) in [6.45, 7) is 6.77. The first-order chi connectivity index (χ1) is 8.74. The summed E-state index contributed by atoms with van der Waals surface area (Å²) in [6, 6.07) is 2.29. The molecule has 1 aromatic heterocycles. The minimum absolute atomic E-state index is 0.870. The second-order valence-corrected chi connectivity index (χ2v) is 5.61. The van der Waals surface area contributed by atoms with Crippen LogP contribution in [-0.2, 0) is 19.9 Å². The van der Waals surface area contributed by atoms with E-state index in [2.05, 4.69) is 42.1 Å². The summed E-state index contributed by atoms with van der Waals surface area (Å²) in [4.78, 5) is 0. The molecule has 1 aromatic rings. The molecule has 3 nitrogen and oxygen atoms in total. The van der Waals surface area contributed by atoms with Crippen molar-refractivity contribution in [1.82, 2.24) is 15.1 Å². The topological polar surface area (TPSA) is 29.9 Å². The van der Waals surface area contributed by atoms with Crippen LogP contribution in [0, 0.1) is 11.8 Å². The van der Waals surface area contributed by atoms with Crippen LogP contribution in [0.2, 0.25) is 0 Å². The third-order valence-corrected chi connectivity index (χ3v) is 4.27. The van der Waals surface area contributed by atoms with Gasteiger partial charge in [0.25, 0.3) is 0 Å². The SMILES string of the molecule is CCCNCC1CCC1Cc1cc(CC)nn1C. The average molecular weight is 249 g/mol. The highest BCUT2D eigenvalue weighted by molar-refractivity contribution is 5.11. The summed E-state index contributed by atoms with van der Waals surface area (Å²) in [5.41, 5.74) is 2.64. The second-order valence-electron chi connectivity index (χ2n) is 5.61. The van der Waals surface area contributed by atoms with Crippen molar-refractivity contribution < 1.29 is 0 Å². The molecule has 1 heterocycles. The van der Waals surface area contributed by atoms with Crippen LogP contribution in [0.5, 0.6) is 0 Å². The van der Waals surface area contributed by atoms with E-state index in [0.29, 0.717) is 0 Å². The largest absolute Gasteiger partial charge is 0.316 e. The number of hydrogen-bond donors (Lipinski definition) is 1. The average Bonchev–Trinajstić information content (AvgIpc) is 2.71. The quantitative estimate of drug-likeness (QED) is 0.753. The van der Waals surface area contributed by atoms with Crippen molar-refractivity contribution in [3.05, 3.63) is 17.5 Å². The van der Waals surface area contributed by atoms with Gasteiger partial charge in [0.2, 0.25) is 0 Å². The Balaban J connectivity index is 1.83. The zero-order chi connectivity index (χ0) is 13.0. The van der Waals surface area contributed by atoms with E-state index in [1.54, 1.807) is 0 Å². The van der Waals surface area contributed by atoms with Crippen LogP contribution < -0.4 is 5.32 Å². The summed E-state index contributed by atoms with van der Waals surface area (Å²) < 4.78 is 2.08. The smallest absolute Gasteiger partial charge is 0.0624 e. The first kappa shape index (κ1) is 13.6. The fourth-order valence-electron chi connectivity index (χ4n) is 2.84. The molecule has 0 aromatic carbocycles. The first-order valence-corrected chi connectivity index (χ1v) is 7.47. The summed E-state index contributed by atoms with van der Waals surface area (Å²) in [5, 5.41) is 8.10. The lowest BCUT2D eigenvalue weighted by Crippen LogP contribution is -2.36.